The molecule has 0 bridgehead atoms. The largest absolute Gasteiger partial charge is 0.338 e. The molecule has 0 aliphatic carbocycles. The van der Waals surface area contributed by atoms with Gasteiger partial charge in [0.05, 0.1) is 0 Å². The van der Waals surface area contributed by atoms with Gasteiger partial charge in [-0.25, -0.2) is 9.97 Å². The highest BCUT2D eigenvalue weighted by Gasteiger charge is 2.19. The minimum atomic E-state index is 0.586. The van der Waals surface area contributed by atoms with E-state index in [9.17, 15) is 0 Å². The number of aromatic nitrogens is 2. The number of aryl methyl sites for hydroxylation is 1. The molecule has 0 radical (unpaired) electrons. The molecule has 22 heavy (non-hydrogen) atoms. The molecule has 1 rings (SSSR count). The Balaban J connectivity index is 2.92. The van der Waals surface area contributed by atoms with E-state index in [4.69, 9.17) is 4.98 Å². The number of rotatable bonds is 12. The van der Waals surface area contributed by atoms with Gasteiger partial charge in [0.25, 0.3) is 0 Å². The van der Waals surface area contributed by atoms with Gasteiger partial charge in [-0.3, -0.25) is 0 Å². The van der Waals surface area contributed by atoms with Crippen LogP contribution < -0.4 is 4.90 Å². The van der Waals surface area contributed by atoms with Crippen LogP contribution in [0.15, 0.2) is 12.3 Å². The lowest BCUT2D eigenvalue weighted by atomic mass is 10.0. The maximum Gasteiger partial charge on any atom is 0.225 e. The molecule has 3 heteroatoms. The predicted molar refractivity (Wildman–Crippen MR) is 96.5 cm³/mol. The standard InChI is InChI=1S/C19H35N3/c1-5-9-13-17-14-15-20-19(21-17)22(16-10-6-2)18(11-7-3)12-8-4/h14-15,18H,5-13,16H2,1-4H3. The summed E-state index contributed by atoms with van der Waals surface area (Å²) in [5.41, 5.74) is 1.19. The van der Waals surface area contributed by atoms with E-state index in [1.807, 2.05) is 6.20 Å². The number of unbranched alkanes of at least 4 members (excludes halogenated alkanes) is 2. The van der Waals surface area contributed by atoms with E-state index in [-0.39, 0.29) is 0 Å². The van der Waals surface area contributed by atoms with Crippen LogP contribution in [0.5, 0.6) is 0 Å². The highest BCUT2D eigenvalue weighted by Crippen LogP contribution is 2.20. The van der Waals surface area contributed by atoms with Gasteiger partial charge in [0, 0.05) is 24.5 Å². The van der Waals surface area contributed by atoms with Crippen molar-refractivity contribution >= 4 is 5.95 Å². The van der Waals surface area contributed by atoms with Crippen molar-refractivity contribution in [3.63, 3.8) is 0 Å². The van der Waals surface area contributed by atoms with Gasteiger partial charge in [0.1, 0.15) is 0 Å². The van der Waals surface area contributed by atoms with E-state index in [0.717, 1.165) is 18.9 Å². The molecule has 0 aliphatic rings. The molecule has 1 aromatic rings. The Morgan fingerprint density at radius 1 is 0.955 bits per heavy atom. The van der Waals surface area contributed by atoms with E-state index in [1.165, 1.54) is 57.1 Å². The van der Waals surface area contributed by atoms with E-state index in [1.54, 1.807) is 0 Å². The minimum absolute atomic E-state index is 0.586. The first-order chi connectivity index (χ1) is 10.8. The zero-order valence-electron chi connectivity index (χ0n) is 15.1. The normalized spacial score (nSPS) is 11.1. The van der Waals surface area contributed by atoms with Crippen LogP contribution in [0, 0.1) is 0 Å². The van der Waals surface area contributed by atoms with E-state index in [0.29, 0.717) is 6.04 Å². The van der Waals surface area contributed by atoms with Crippen molar-refractivity contribution in [2.75, 3.05) is 11.4 Å². The Hall–Kier alpha value is -1.12. The summed E-state index contributed by atoms with van der Waals surface area (Å²) in [5, 5.41) is 0. The van der Waals surface area contributed by atoms with Gasteiger partial charge >= 0.3 is 0 Å². The van der Waals surface area contributed by atoms with Crippen molar-refractivity contribution in [2.24, 2.45) is 0 Å². The van der Waals surface area contributed by atoms with Crippen LogP contribution in [0.1, 0.15) is 84.8 Å². The van der Waals surface area contributed by atoms with Crippen LogP contribution in [0.4, 0.5) is 5.95 Å². The lowest BCUT2D eigenvalue weighted by molar-refractivity contribution is 0.488. The summed E-state index contributed by atoms with van der Waals surface area (Å²) in [6.45, 7) is 10.1. The summed E-state index contributed by atoms with van der Waals surface area (Å²) in [4.78, 5) is 11.9. The summed E-state index contributed by atoms with van der Waals surface area (Å²) < 4.78 is 0. The Kier molecular flexibility index (Phi) is 9.85. The van der Waals surface area contributed by atoms with Gasteiger partial charge in [-0.2, -0.15) is 0 Å². The average Bonchev–Trinajstić information content (AvgIpc) is 2.54. The van der Waals surface area contributed by atoms with Gasteiger partial charge in [0.2, 0.25) is 5.95 Å². The molecule has 0 aromatic carbocycles. The SMILES string of the molecule is CCCCc1ccnc(N(CCCC)C(CCC)CCC)n1. The number of anilines is 1. The second-order valence-corrected chi connectivity index (χ2v) is 6.23. The monoisotopic (exact) mass is 305 g/mol. The molecule has 0 saturated carbocycles. The first kappa shape index (κ1) is 18.9. The van der Waals surface area contributed by atoms with Crippen LogP contribution in [0.25, 0.3) is 0 Å². The maximum absolute atomic E-state index is 4.86. The molecule has 0 aliphatic heterocycles. The van der Waals surface area contributed by atoms with Crippen molar-refractivity contribution in [3.8, 4) is 0 Å². The van der Waals surface area contributed by atoms with Crippen molar-refractivity contribution < 1.29 is 0 Å². The van der Waals surface area contributed by atoms with Gasteiger partial charge in [-0.15, -0.1) is 0 Å². The highest BCUT2D eigenvalue weighted by molar-refractivity contribution is 5.32. The molecular weight excluding hydrogens is 270 g/mol. The third-order valence-electron chi connectivity index (χ3n) is 4.18. The molecule has 0 fully saturated rings. The number of nitrogens with zero attached hydrogens (tertiary/aromatic N) is 3. The number of hydrogen-bond acceptors (Lipinski definition) is 3. The molecule has 1 aromatic heterocycles. The van der Waals surface area contributed by atoms with Crippen LogP contribution in [-0.4, -0.2) is 22.6 Å². The fourth-order valence-corrected chi connectivity index (χ4v) is 2.92. The zero-order valence-corrected chi connectivity index (χ0v) is 15.1. The van der Waals surface area contributed by atoms with Crippen molar-refractivity contribution in [1.82, 2.24) is 9.97 Å². The summed E-state index contributed by atoms with van der Waals surface area (Å²) in [6, 6.07) is 2.66. The lowest BCUT2D eigenvalue weighted by Gasteiger charge is -2.32. The summed E-state index contributed by atoms with van der Waals surface area (Å²) in [6.07, 6.45) is 12.8. The molecular formula is C19H35N3. The van der Waals surface area contributed by atoms with Crippen molar-refractivity contribution in [3.05, 3.63) is 18.0 Å². The first-order valence-corrected chi connectivity index (χ1v) is 9.35. The molecule has 0 N–H and O–H groups in total. The van der Waals surface area contributed by atoms with Crippen LogP contribution >= 0.6 is 0 Å². The van der Waals surface area contributed by atoms with Crippen molar-refractivity contribution in [2.45, 2.75) is 91.5 Å². The molecule has 0 saturated heterocycles. The fourth-order valence-electron chi connectivity index (χ4n) is 2.92. The first-order valence-electron chi connectivity index (χ1n) is 9.35. The zero-order chi connectivity index (χ0) is 16.2. The topological polar surface area (TPSA) is 29.0 Å². The Morgan fingerprint density at radius 2 is 1.64 bits per heavy atom. The molecule has 0 amide bonds. The minimum Gasteiger partial charge on any atom is -0.338 e. The third kappa shape index (κ3) is 6.33. The van der Waals surface area contributed by atoms with Gasteiger partial charge in [-0.05, 0) is 38.2 Å². The molecule has 0 spiro atoms. The molecule has 0 unspecified atom stereocenters. The third-order valence-corrected chi connectivity index (χ3v) is 4.18. The van der Waals surface area contributed by atoms with Crippen LogP contribution in [-0.2, 0) is 6.42 Å². The smallest absolute Gasteiger partial charge is 0.225 e. The quantitative estimate of drug-likeness (QED) is 0.518. The summed E-state index contributed by atoms with van der Waals surface area (Å²) >= 11 is 0. The Labute approximate surface area is 137 Å². The van der Waals surface area contributed by atoms with Crippen molar-refractivity contribution in [1.29, 1.82) is 0 Å². The summed E-state index contributed by atoms with van der Waals surface area (Å²) in [7, 11) is 0. The van der Waals surface area contributed by atoms with E-state index >= 15 is 0 Å². The van der Waals surface area contributed by atoms with E-state index < -0.39 is 0 Å². The van der Waals surface area contributed by atoms with Gasteiger partial charge < -0.3 is 4.90 Å². The Bertz CT molecular complexity index is 386. The highest BCUT2D eigenvalue weighted by atomic mass is 15.3. The van der Waals surface area contributed by atoms with Gasteiger partial charge in [-0.1, -0.05) is 53.4 Å². The van der Waals surface area contributed by atoms with Crippen LogP contribution in [0.3, 0.4) is 0 Å². The lowest BCUT2D eigenvalue weighted by Crippen LogP contribution is -2.37. The fraction of sp³-hybridized carbons (Fsp3) is 0.789. The van der Waals surface area contributed by atoms with Crippen LogP contribution in [0.2, 0.25) is 0 Å². The molecule has 3 nitrogen and oxygen atoms in total. The molecule has 1 heterocycles. The summed E-state index contributed by atoms with van der Waals surface area (Å²) in [5.74, 6) is 0.953. The molecule has 126 valence electrons. The average molecular weight is 306 g/mol. The maximum atomic E-state index is 4.86. The van der Waals surface area contributed by atoms with E-state index in [2.05, 4.69) is 43.6 Å². The van der Waals surface area contributed by atoms with Gasteiger partial charge in [0.15, 0.2) is 0 Å². The predicted octanol–water partition coefficient (Wildman–Crippen LogP) is 5.39. The second kappa shape index (κ2) is 11.4. The Morgan fingerprint density at radius 3 is 2.23 bits per heavy atom. The number of hydrogen-bond donors (Lipinski definition) is 0. The molecule has 0 atom stereocenters. The second-order valence-electron chi connectivity index (χ2n) is 6.23.